The van der Waals surface area contributed by atoms with E-state index >= 15 is 0 Å². The highest BCUT2D eigenvalue weighted by atomic mass is 79.9. The molecule has 114 valence electrons. The minimum absolute atomic E-state index is 0.283. The summed E-state index contributed by atoms with van der Waals surface area (Å²) in [5, 5.41) is 5.05. The van der Waals surface area contributed by atoms with Crippen LogP contribution in [0.5, 0.6) is 0 Å². The Hall–Kier alpha value is -0.400. The summed E-state index contributed by atoms with van der Waals surface area (Å²) < 4.78 is 3.71. The molecular weight excluding hydrogens is 419 g/mol. The summed E-state index contributed by atoms with van der Waals surface area (Å²) in [4.78, 5) is 2.11. The van der Waals surface area contributed by atoms with E-state index in [1.54, 1.807) is 6.20 Å². The Balaban J connectivity index is 2.31. The van der Waals surface area contributed by atoms with E-state index in [0.29, 0.717) is 5.02 Å². The number of aromatic nitrogens is 2. The highest BCUT2D eigenvalue weighted by molar-refractivity contribution is 9.10. The number of nitrogens with two attached hydrogens (primary N) is 1. The van der Waals surface area contributed by atoms with Crippen LogP contribution in [0, 0.1) is 0 Å². The normalized spacial score (nSPS) is 12.9. The van der Waals surface area contributed by atoms with Crippen LogP contribution in [0.15, 0.2) is 33.3 Å². The van der Waals surface area contributed by atoms with Gasteiger partial charge in [-0.1, -0.05) is 17.7 Å². The molecule has 1 aromatic heterocycles. The van der Waals surface area contributed by atoms with Gasteiger partial charge in [0.15, 0.2) is 0 Å². The predicted molar refractivity (Wildman–Crippen MR) is 93.7 cm³/mol. The molecule has 1 heterocycles. The van der Waals surface area contributed by atoms with Crippen molar-refractivity contribution in [3.8, 4) is 0 Å². The fourth-order valence-electron chi connectivity index (χ4n) is 2.02. The molecule has 2 rings (SSSR count). The first kappa shape index (κ1) is 17.0. The van der Waals surface area contributed by atoms with Crippen LogP contribution < -0.4 is 5.73 Å². The summed E-state index contributed by atoms with van der Waals surface area (Å²) in [6, 6.07) is 5.48. The van der Waals surface area contributed by atoms with Gasteiger partial charge in [0.2, 0.25) is 0 Å². The zero-order chi connectivity index (χ0) is 15.6. The molecule has 0 aliphatic rings. The maximum Gasteiger partial charge on any atom is 0.0739 e. The smallest absolute Gasteiger partial charge is 0.0739 e. The Morgan fingerprint density at radius 1 is 1.33 bits per heavy atom. The van der Waals surface area contributed by atoms with Crippen LogP contribution in [-0.2, 0) is 6.54 Å². The number of likely N-dealkylation sites (N-methyl/N-ethyl adjacent to an activating group) is 1. The lowest BCUT2D eigenvalue weighted by molar-refractivity contribution is 0.368. The summed E-state index contributed by atoms with van der Waals surface area (Å²) in [7, 11) is 4.07. The van der Waals surface area contributed by atoms with Crippen LogP contribution in [0.2, 0.25) is 5.02 Å². The zero-order valence-corrected chi connectivity index (χ0v) is 15.8. The molecule has 2 N–H and O–H groups in total. The first-order valence-corrected chi connectivity index (χ1v) is 8.43. The standard InChI is InChI=1S/C14H17Br2ClN4/c1-20(2)5-6-21-14(11(16)8-19-21)13(18)9-3-4-10(15)12(17)7-9/h3-4,7-8,13H,5-6,18H2,1-2H3. The van der Waals surface area contributed by atoms with Gasteiger partial charge in [0, 0.05) is 11.0 Å². The summed E-state index contributed by atoms with van der Waals surface area (Å²) in [6.07, 6.45) is 1.78. The van der Waals surface area contributed by atoms with E-state index in [0.717, 1.165) is 33.3 Å². The third-order valence-electron chi connectivity index (χ3n) is 3.19. The van der Waals surface area contributed by atoms with E-state index in [2.05, 4.69) is 41.9 Å². The third kappa shape index (κ3) is 4.07. The summed E-state index contributed by atoms with van der Waals surface area (Å²) >= 11 is 13.1. The van der Waals surface area contributed by atoms with Crippen LogP contribution >= 0.6 is 43.5 Å². The van der Waals surface area contributed by atoms with Gasteiger partial charge < -0.3 is 10.6 Å². The second-order valence-electron chi connectivity index (χ2n) is 5.06. The summed E-state index contributed by atoms with van der Waals surface area (Å²) in [5.41, 5.74) is 8.32. The first-order valence-electron chi connectivity index (χ1n) is 6.46. The van der Waals surface area contributed by atoms with Gasteiger partial charge >= 0.3 is 0 Å². The van der Waals surface area contributed by atoms with E-state index in [4.69, 9.17) is 17.3 Å². The van der Waals surface area contributed by atoms with Crippen molar-refractivity contribution >= 4 is 43.5 Å². The van der Waals surface area contributed by atoms with Crippen molar-refractivity contribution in [2.45, 2.75) is 12.6 Å². The lowest BCUT2D eigenvalue weighted by Gasteiger charge is -2.17. The Bertz CT molecular complexity index is 627. The van der Waals surface area contributed by atoms with Crippen LogP contribution in [0.25, 0.3) is 0 Å². The van der Waals surface area contributed by atoms with Crippen LogP contribution in [0.1, 0.15) is 17.3 Å². The lowest BCUT2D eigenvalue weighted by atomic mass is 10.0. The average molecular weight is 437 g/mol. The second-order valence-corrected chi connectivity index (χ2v) is 7.17. The molecule has 0 amide bonds. The summed E-state index contributed by atoms with van der Waals surface area (Å²) in [6.45, 7) is 1.68. The molecule has 0 radical (unpaired) electrons. The van der Waals surface area contributed by atoms with E-state index in [1.165, 1.54) is 0 Å². The number of rotatable bonds is 5. The number of benzene rings is 1. The third-order valence-corrected chi connectivity index (χ3v) is 5.03. The lowest BCUT2D eigenvalue weighted by Crippen LogP contribution is -2.23. The molecule has 0 bridgehead atoms. The largest absolute Gasteiger partial charge is 0.319 e. The molecule has 0 aliphatic heterocycles. The topological polar surface area (TPSA) is 47.1 Å². The molecule has 21 heavy (non-hydrogen) atoms. The average Bonchev–Trinajstić information content (AvgIpc) is 2.80. The maximum atomic E-state index is 6.41. The van der Waals surface area contributed by atoms with Crippen molar-refractivity contribution in [2.75, 3.05) is 20.6 Å². The predicted octanol–water partition coefficient (Wildman–Crippen LogP) is 3.67. The van der Waals surface area contributed by atoms with E-state index < -0.39 is 0 Å². The number of hydrogen-bond acceptors (Lipinski definition) is 3. The zero-order valence-electron chi connectivity index (χ0n) is 11.9. The Morgan fingerprint density at radius 2 is 2.05 bits per heavy atom. The van der Waals surface area contributed by atoms with Crippen LogP contribution in [-0.4, -0.2) is 35.3 Å². The number of halogens is 3. The molecule has 0 saturated heterocycles. The van der Waals surface area contributed by atoms with E-state index in [1.807, 2.05) is 37.0 Å². The minimum atomic E-state index is -0.283. The highest BCUT2D eigenvalue weighted by Crippen LogP contribution is 2.30. The van der Waals surface area contributed by atoms with Crippen molar-refractivity contribution in [2.24, 2.45) is 5.73 Å². The van der Waals surface area contributed by atoms with Gasteiger partial charge in [-0.3, -0.25) is 4.68 Å². The van der Waals surface area contributed by atoms with Gasteiger partial charge in [0.05, 0.1) is 34.0 Å². The van der Waals surface area contributed by atoms with Gasteiger partial charge in [-0.05, 0) is 63.7 Å². The highest BCUT2D eigenvalue weighted by Gasteiger charge is 2.19. The van der Waals surface area contributed by atoms with Crippen molar-refractivity contribution < 1.29 is 0 Å². The van der Waals surface area contributed by atoms with E-state index in [9.17, 15) is 0 Å². The molecule has 2 aromatic rings. The van der Waals surface area contributed by atoms with E-state index in [-0.39, 0.29) is 6.04 Å². The van der Waals surface area contributed by atoms with Gasteiger partial charge in [-0.15, -0.1) is 0 Å². The van der Waals surface area contributed by atoms with Crippen LogP contribution in [0.4, 0.5) is 0 Å². The fraction of sp³-hybridized carbons (Fsp3) is 0.357. The molecule has 1 unspecified atom stereocenters. The molecule has 0 aliphatic carbocycles. The SMILES string of the molecule is CN(C)CCn1ncc(Br)c1C(N)c1ccc(Br)c(Cl)c1. The van der Waals surface area contributed by atoms with Crippen molar-refractivity contribution in [1.82, 2.24) is 14.7 Å². The van der Waals surface area contributed by atoms with Crippen molar-refractivity contribution in [1.29, 1.82) is 0 Å². The molecule has 1 atom stereocenters. The monoisotopic (exact) mass is 434 g/mol. The molecule has 1 aromatic carbocycles. The molecule has 0 saturated carbocycles. The Labute approximate surface area is 146 Å². The molecule has 0 spiro atoms. The molecule has 4 nitrogen and oxygen atoms in total. The van der Waals surface area contributed by atoms with Gasteiger partial charge in [0.25, 0.3) is 0 Å². The molecular formula is C14H17Br2ClN4. The van der Waals surface area contributed by atoms with Crippen molar-refractivity contribution in [3.05, 3.63) is 49.6 Å². The van der Waals surface area contributed by atoms with Gasteiger partial charge in [0.1, 0.15) is 0 Å². The Kier molecular flexibility index (Phi) is 5.85. The van der Waals surface area contributed by atoms with Crippen LogP contribution in [0.3, 0.4) is 0 Å². The minimum Gasteiger partial charge on any atom is -0.319 e. The van der Waals surface area contributed by atoms with Crippen molar-refractivity contribution in [3.63, 3.8) is 0 Å². The Morgan fingerprint density at radius 3 is 2.67 bits per heavy atom. The number of hydrogen-bond donors (Lipinski definition) is 1. The quantitative estimate of drug-likeness (QED) is 0.778. The first-order chi connectivity index (χ1) is 9.90. The second kappa shape index (κ2) is 7.24. The van der Waals surface area contributed by atoms with Gasteiger partial charge in [-0.25, -0.2) is 0 Å². The fourth-order valence-corrected chi connectivity index (χ4v) is 3.00. The molecule has 7 heteroatoms. The maximum absolute atomic E-state index is 6.41. The number of nitrogens with zero attached hydrogens (tertiary/aromatic N) is 3. The van der Waals surface area contributed by atoms with Gasteiger partial charge in [-0.2, -0.15) is 5.10 Å². The molecule has 0 fully saturated rings. The summed E-state index contributed by atoms with van der Waals surface area (Å²) in [5.74, 6) is 0.